The molecule has 0 heterocycles. The van der Waals surface area contributed by atoms with Crippen LogP contribution in [0.25, 0.3) is 0 Å². The average molecular weight is 330 g/mol. The summed E-state index contributed by atoms with van der Waals surface area (Å²) >= 11 is 0. The molecule has 0 fully saturated rings. The molecular formula is C10H11NaO7S2. The van der Waals surface area contributed by atoms with E-state index in [1.165, 1.54) is 0 Å². The molecule has 0 aliphatic rings. The van der Waals surface area contributed by atoms with Crippen molar-refractivity contribution in [2.45, 2.75) is 16.7 Å². The van der Waals surface area contributed by atoms with Crippen LogP contribution in [-0.2, 0) is 29.5 Å². The zero-order valence-corrected chi connectivity index (χ0v) is 14.5. The number of ether oxygens (including phenoxy) is 1. The Hall–Kier alpha value is -0.450. The second kappa shape index (κ2) is 7.53. The molecule has 0 radical (unpaired) electrons. The van der Waals surface area contributed by atoms with E-state index in [4.69, 9.17) is 0 Å². The number of hydrogen-bond donors (Lipinski definition) is 0. The van der Waals surface area contributed by atoms with Crippen LogP contribution in [0, 0.1) is 0 Å². The minimum absolute atomic E-state index is 0. The van der Waals surface area contributed by atoms with Crippen molar-refractivity contribution in [1.82, 2.24) is 0 Å². The Morgan fingerprint density at radius 1 is 1.10 bits per heavy atom. The largest absolute Gasteiger partial charge is 1.00 e. The summed E-state index contributed by atoms with van der Waals surface area (Å²) in [6.45, 7) is 0.861. The van der Waals surface area contributed by atoms with E-state index in [9.17, 15) is 26.2 Å². The van der Waals surface area contributed by atoms with E-state index in [0.717, 1.165) is 31.2 Å². The van der Waals surface area contributed by atoms with E-state index in [1.54, 1.807) is 0 Å². The van der Waals surface area contributed by atoms with E-state index in [2.05, 4.69) is 4.74 Å². The van der Waals surface area contributed by atoms with Gasteiger partial charge in [0, 0.05) is 6.92 Å². The maximum atomic E-state index is 11.8. The predicted molar refractivity (Wildman–Crippen MR) is 63.1 cm³/mol. The molecule has 10 heteroatoms. The van der Waals surface area contributed by atoms with E-state index in [0.29, 0.717) is 0 Å². The Kier molecular flexibility index (Phi) is 7.36. The topological polar surface area (TPSA) is 118 Å². The summed E-state index contributed by atoms with van der Waals surface area (Å²) in [5, 5.41) is 0. The summed E-state index contributed by atoms with van der Waals surface area (Å²) in [4.78, 5) is 9.85. The number of esters is 1. The van der Waals surface area contributed by atoms with Gasteiger partial charge in [0.05, 0.1) is 15.5 Å². The molecule has 0 bridgehead atoms. The molecule has 0 atom stereocenters. The summed E-state index contributed by atoms with van der Waals surface area (Å²) in [5.74, 6) is -1.02. The number of carbonyl (C=O) groups excluding carboxylic acids is 1. The molecule has 0 aliphatic heterocycles. The summed E-state index contributed by atoms with van der Waals surface area (Å²) in [6.07, 6.45) is 0. The Bertz CT molecular complexity index is 662. The Balaban J connectivity index is 0.00000361. The zero-order chi connectivity index (χ0) is 14.7. The van der Waals surface area contributed by atoms with Crippen LogP contribution in [0.1, 0.15) is 6.92 Å². The van der Waals surface area contributed by atoms with Gasteiger partial charge in [-0.05, 0) is 24.3 Å². The smallest absolute Gasteiger partial charge is 0.744 e. The summed E-state index contributed by atoms with van der Waals surface area (Å²) in [6, 6.07) is 3.88. The van der Waals surface area contributed by atoms with Gasteiger partial charge in [0.25, 0.3) is 0 Å². The molecule has 1 aromatic rings. The van der Waals surface area contributed by atoms with E-state index >= 15 is 0 Å². The van der Waals surface area contributed by atoms with Gasteiger partial charge in [0.15, 0.2) is 9.84 Å². The fourth-order valence-corrected chi connectivity index (χ4v) is 2.79. The first-order chi connectivity index (χ1) is 8.63. The maximum absolute atomic E-state index is 11.8. The van der Waals surface area contributed by atoms with Gasteiger partial charge >= 0.3 is 35.5 Å². The van der Waals surface area contributed by atoms with Crippen LogP contribution in [0.5, 0.6) is 0 Å². The summed E-state index contributed by atoms with van der Waals surface area (Å²) in [7, 11) is -8.30. The van der Waals surface area contributed by atoms with Crippen LogP contribution in [0.2, 0.25) is 0 Å². The molecule has 0 unspecified atom stereocenters. The molecule has 1 rings (SSSR count). The first-order valence-corrected chi connectivity index (χ1v) is 8.11. The zero-order valence-electron chi connectivity index (χ0n) is 10.9. The Labute approximate surface area is 139 Å². The van der Waals surface area contributed by atoms with Gasteiger partial charge in [-0.25, -0.2) is 16.8 Å². The SMILES string of the molecule is CC(=O)OCCS(=O)(=O)c1ccc(S(=O)(=O)[O-])cc1.[Na+]. The standard InChI is InChI=1S/C10H12O7S2.Na/c1-8(11)17-6-7-18(12,13)9-2-4-10(5-3-9)19(14,15)16;/h2-5H,6-7H2,1H3,(H,14,15,16);/q;+1/p-1. The minimum Gasteiger partial charge on any atom is -0.744 e. The fourth-order valence-electron chi connectivity index (χ4n) is 1.23. The molecule has 0 saturated carbocycles. The van der Waals surface area contributed by atoms with Gasteiger partial charge in [-0.1, -0.05) is 0 Å². The fraction of sp³-hybridized carbons (Fsp3) is 0.300. The third-order valence-electron chi connectivity index (χ3n) is 2.13. The van der Waals surface area contributed by atoms with Gasteiger partial charge in [0.2, 0.25) is 0 Å². The van der Waals surface area contributed by atoms with Crippen LogP contribution >= 0.6 is 0 Å². The van der Waals surface area contributed by atoms with E-state index < -0.39 is 36.6 Å². The Morgan fingerprint density at radius 3 is 1.95 bits per heavy atom. The normalized spacial score (nSPS) is 11.5. The number of carbonyl (C=O) groups is 1. The van der Waals surface area contributed by atoms with Crippen molar-refractivity contribution in [3.8, 4) is 0 Å². The number of rotatable bonds is 5. The maximum Gasteiger partial charge on any atom is 1.00 e. The van der Waals surface area contributed by atoms with Crippen LogP contribution in [0.4, 0.5) is 0 Å². The molecule has 0 amide bonds. The molecule has 1 aromatic carbocycles. The molecule has 20 heavy (non-hydrogen) atoms. The number of hydrogen-bond acceptors (Lipinski definition) is 7. The van der Waals surface area contributed by atoms with Crippen molar-refractivity contribution >= 4 is 25.9 Å². The second-order valence-electron chi connectivity index (χ2n) is 3.58. The predicted octanol–water partition coefficient (Wildman–Crippen LogP) is -3.07. The van der Waals surface area contributed by atoms with Crippen molar-refractivity contribution in [2.75, 3.05) is 12.4 Å². The van der Waals surface area contributed by atoms with Gasteiger partial charge in [-0.3, -0.25) is 4.79 Å². The average Bonchev–Trinajstić information content (AvgIpc) is 2.27. The van der Waals surface area contributed by atoms with Crippen molar-refractivity contribution in [3.05, 3.63) is 24.3 Å². The molecule has 0 aliphatic carbocycles. The van der Waals surface area contributed by atoms with Crippen molar-refractivity contribution in [3.63, 3.8) is 0 Å². The molecule has 0 spiro atoms. The third-order valence-corrected chi connectivity index (χ3v) is 4.67. The minimum atomic E-state index is -4.61. The van der Waals surface area contributed by atoms with Gasteiger partial charge < -0.3 is 9.29 Å². The quantitative estimate of drug-likeness (QED) is 0.319. The van der Waals surface area contributed by atoms with E-state index in [1.807, 2.05) is 0 Å². The molecular weight excluding hydrogens is 319 g/mol. The molecule has 7 nitrogen and oxygen atoms in total. The van der Waals surface area contributed by atoms with Crippen LogP contribution in [0.15, 0.2) is 34.1 Å². The molecule has 0 aromatic heterocycles. The Morgan fingerprint density at radius 2 is 1.55 bits per heavy atom. The first-order valence-electron chi connectivity index (χ1n) is 5.05. The molecule has 106 valence electrons. The van der Waals surface area contributed by atoms with Crippen LogP contribution in [-0.4, -0.2) is 39.7 Å². The monoisotopic (exact) mass is 330 g/mol. The van der Waals surface area contributed by atoms with Crippen LogP contribution < -0.4 is 29.6 Å². The molecule has 0 N–H and O–H groups in total. The number of benzene rings is 1. The second-order valence-corrected chi connectivity index (χ2v) is 7.07. The molecule has 0 saturated heterocycles. The summed E-state index contributed by atoms with van der Waals surface area (Å²) < 4.78 is 60.1. The van der Waals surface area contributed by atoms with Crippen molar-refractivity contribution in [2.24, 2.45) is 0 Å². The van der Waals surface area contributed by atoms with Gasteiger partial charge in [-0.15, -0.1) is 0 Å². The van der Waals surface area contributed by atoms with Crippen LogP contribution in [0.3, 0.4) is 0 Å². The first kappa shape index (κ1) is 19.6. The summed E-state index contributed by atoms with van der Waals surface area (Å²) in [5.41, 5.74) is 0. The van der Waals surface area contributed by atoms with Gasteiger partial charge in [0.1, 0.15) is 16.7 Å². The van der Waals surface area contributed by atoms with Crippen molar-refractivity contribution < 1.29 is 60.5 Å². The van der Waals surface area contributed by atoms with Crippen molar-refractivity contribution in [1.29, 1.82) is 0 Å². The number of sulfone groups is 1. The van der Waals surface area contributed by atoms with Gasteiger partial charge in [-0.2, -0.15) is 0 Å². The third kappa shape index (κ3) is 5.90. The van der Waals surface area contributed by atoms with E-state index in [-0.39, 0.29) is 41.1 Å².